The van der Waals surface area contributed by atoms with Crippen molar-refractivity contribution in [2.45, 2.75) is 76.0 Å². The SMILES string of the molecule is C=C1CN(S(=O)(=O)c2ccc(C)cc2)CCCN(CC2CCCCC2)CCCN(S(=O)(=O)N2CCCCC2)C1. The molecule has 1 aliphatic carbocycles. The molecule has 1 aromatic carbocycles. The van der Waals surface area contributed by atoms with E-state index in [9.17, 15) is 16.8 Å². The third-order valence-electron chi connectivity index (χ3n) is 8.43. The van der Waals surface area contributed by atoms with Gasteiger partial charge < -0.3 is 4.90 Å². The van der Waals surface area contributed by atoms with Crippen molar-refractivity contribution >= 4 is 20.2 Å². The molecular formula is C29H48N4O4S2. The lowest BCUT2D eigenvalue weighted by Gasteiger charge is -2.35. The van der Waals surface area contributed by atoms with Gasteiger partial charge in [-0.15, -0.1) is 0 Å². The molecule has 0 bridgehead atoms. The number of hydrogen-bond acceptors (Lipinski definition) is 5. The fourth-order valence-corrected chi connectivity index (χ4v) is 9.45. The minimum atomic E-state index is -3.74. The van der Waals surface area contributed by atoms with Crippen molar-refractivity contribution in [1.82, 2.24) is 17.8 Å². The van der Waals surface area contributed by atoms with Crippen LogP contribution in [-0.4, -0.2) is 93.6 Å². The molecule has 0 atom stereocenters. The first kappa shape index (κ1) is 30.7. The highest BCUT2D eigenvalue weighted by molar-refractivity contribution is 7.89. The molecule has 2 aliphatic heterocycles. The second kappa shape index (κ2) is 14.0. The van der Waals surface area contributed by atoms with E-state index in [1.54, 1.807) is 20.7 Å². The van der Waals surface area contributed by atoms with Crippen LogP contribution in [0.5, 0.6) is 0 Å². The molecule has 3 aliphatic rings. The Morgan fingerprint density at radius 3 is 1.87 bits per heavy atom. The van der Waals surface area contributed by atoms with E-state index in [0.717, 1.165) is 57.3 Å². The van der Waals surface area contributed by atoms with Gasteiger partial charge in [0.05, 0.1) is 4.90 Å². The first-order valence-electron chi connectivity index (χ1n) is 14.9. The maximum Gasteiger partial charge on any atom is 0.282 e. The van der Waals surface area contributed by atoms with Gasteiger partial charge in [0.15, 0.2) is 0 Å². The third kappa shape index (κ3) is 8.36. The van der Waals surface area contributed by atoms with Crippen molar-refractivity contribution < 1.29 is 16.8 Å². The van der Waals surface area contributed by atoms with Gasteiger partial charge in [0, 0.05) is 45.8 Å². The highest BCUT2D eigenvalue weighted by Crippen LogP contribution is 2.26. The number of aryl methyl sites for hydroxylation is 1. The summed E-state index contributed by atoms with van der Waals surface area (Å²) in [5, 5.41) is 0. The fourth-order valence-electron chi connectivity index (χ4n) is 6.20. The van der Waals surface area contributed by atoms with Gasteiger partial charge in [-0.2, -0.15) is 21.3 Å². The fraction of sp³-hybridized carbons (Fsp3) is 0.724. The van der Waals surface area contributed by atoms with Gasteiger partial charge in [-0.05, 0) is 82.2 Å². The van der Waals surface area contributed by atoms with Gasteiger partial charge >= 0.3 is 0 Å². The molecule has 0 aromatic heterocycles. The molecule has 1 saturated carbocycles. The first-order chi connectivity index (χ1) is 18.7. The Balaban J connectivity index is 1.56. The van der Waals surface area contributed by atoms with Crippen LogP contribution in [0.25, 0.3) is 0 Å². The number of benzene rings is 1. The lowest BCUT2D eigenvalue weighted by atomic mass is 9.89. The van der Waals surface area contributed by atoms with Crippen LogP contribution in [0.3, 0.4) is 0 Å². The van der Waals surface area contributed by atoms with Crippen LogP contribution in [0.4, 0.5) is 0 Å². The van der Waals surface area contributed by atoms with E-state index in [1.165, 1.54) is 36.4 Å². The molecule has 0 radical (unpaired) electrons. The molecule has 10 heteroatoms. The number of sulfonamides is 1. The van der Waals surface area contributed by atoms with Crippen LogP contribution in [0.2, 0.25) is 0 Å². The summed E-state index contributed by atoms with van der Waals surface area (Å²) in [6.45, 7) is 10.9. The van der Waals surface area contributed by atoms with E-state index >= 15 is 0 Å². The van der Waals surface area contributed by atoms with Crippen LogP contribution in [0.1, 0.15) is 69.8 Å². The highest BCUT2D eigenvalue weighted by atomic mass is 32.2. The Hall–Kier alpha value is -1.30. The zero-order valence-corrected chi connectivity index (χ0v) is 25.4. The predicted molar refractivity (Wildman–Crippen MR) is 157 cm³/mol. The summed E-state index contributed by atoms with van der Waals surface area (Å²) in [7, 11) is -7.38. The minimum absolute atomic E-state index is 0.116. The summed E-state index contributed by atoms with van der Waals surface area (Å²) >= 11 is 0. The Morgan fingerprint density at radius 2 is 1.23 bits per heavy atom. The van der Waals surface area contributed by atoms with Gasteiger partial charge in [-0.3, -0.25) is 0 Å². The zero-order chi connectivity index (χ0) is 27.9. The molecular weight excluding hydrogens is 532 g/mol. The largest absolute Gasteiger partial charge is 0.303 e. The topological polar surface area (TPSA) is 81.2 Å². The van der Waals surface area contributed by atoms with E-state index in [1.807, 2.05) is 19.1 Å². The summed E-state index contributed by atoms with van der Waals surface area (Å²) in [5.41, 5.74) is 1.61. The quantitative estimate of drug-likeness (QED) is 0.470. The second-order valence-corrected chi connectivity index (χ2v) is 15.6. The molecule has 0 amide bonds. The average molecular weight is 581 g/mol. The summed E-state index contributed by atoms with van der Waals surface area (Å²) in [6, 6.07) is 6.95. The number of piperidine rings is 1. The summed E-state index contributed by atoms with van der Waals surface area (Å²) in [4.78, 5) is 2.72. The summed E-state index contributed by atoms with van der Waals surface area (Å²) in [6.07, 6.45) is 10.7. The Morgan fingerprint density at radius 1 is 0.692 bits per heavy atom. The van der Waals surface area contributed by atoms with Crippen molar-refractivity contribution in [2.75, 3.05) is 58.9 Å². The summed E-state index contributed by atoms with van der Waals surface area (Å²) in [5.74, 6) is 0.673. The molecule has 2 heterocycles. The van der Waals surface area contributed by atoms with E-state index in [2.05, 4.69) is 11.5 Å². The van der Waals surface area contributed by atoms with Crippen molar-refractivity contribution in [1.29, 1.82) is 0 Å². The second-order valence-electron chi connectivity index (χ2n) is 11.7. The maximum absolute atomic E-state index is 13.7. The van der Waals surface area contributed by atoms with Crippen molar-refractivity contribution in [3.05, 3.63) is 42.0 Å². The van der Waals surface area contributed by atoms with E-state index < -0.39 is 20.2 Å². The normalized spacial score (nSPS) is 23.8. The zero-order valence-electron chi connectivity index (χ0n) is 23.8. The average Bonchev–Trinajstić information content (AvgIpc) is 2.92. The Bertz CT molecular complexity index is 1140. The number of hydrogen-bond donors (Lipinski definition) is 0. The molecule has 220 valence electrons. The molecule has 39 heavy (non-hydrogen) atoms. The van der Waals surface area contributed by atoms with E-state index in [-0.39, 0.29) is 18.0 Å². The van der Waals surface area contributed by atoms with Crippen LogP contribution >= 0.6 is 0 Å². The van der Waals surface area contributed by atoms with Gasteiger partial charge in [0.1, 0.15) is 0 Å². The number of nitrogens with zero attached hydrogens (tertiary/aromatic N) is 4. The van der Waals surface area contributed by atoms with E-state index in [4.69, 9.17) is 0 Å². The monoisotopic (exact) mass is 580 g/mol. The molecule has 4 rings (SSSR count). The molecule has 3 fully saturated rings. The smallest absolute Gasteiger partial charge is 0.282 e. The van der Waals surface area contributed by atoms with Gasteiger partial charge in [0.2, 0.25) is 10.0 Å². The standard InChI is InChI=1S/C29H48N4O4S2/c1-26-13-15-29(16-14-26)38(34,35)32-21-9-17-30(25-28-11-5-3-6-12-28)18-10-22-33(24-27(2)23-32)39(36,37)31-19-7-4-8-20-31/h13-16,28H,2-12,17-25H2,1H3. The van der Waals surface area contributed by atoms with Gasteiger partial charge in [-0.1, -0.05) is 50.0 Å². The molecule has 1 aromatic rings. The van der Waals surface area contributed by atoms with Crippen LogP contribution in [0, 0.1) is 12.8 Å². The Kier molecular flexibility index (Phi) is 11.0. The molecule has 0 spiro atoms. The lowest BCUT2D eigenvalue weighted by Crippen LogP contribution is -2.48. The predicted octanol–water partition coefficient (Wildman–Crippen LogP) is 4.25. The first-order valence-corrected chi connectivity index (χ1v) is 17.7. The highest BCUT2D eigenvalue weighted by Gasteiger charge is 2.33. The Labute approximate surface area is 237 Å². The number of rotatable bonds is 6. The van der Waals surface area contributed by atoms with Crippen LogP contribution in [-0.2, 0) is 20.2 Å². The van der Waals surface area contributed by atoms with E-state index in [0.29, 0.717) is 37.7 Å². The molecule has 0 unspecified atom stereocenters. The van der Waals surface area contributed by atoms with Crippen molar-refractivity contribution in [2.24, 2.45) is 5.92 Å². The van der Waals surface area contributed by atoms with Crippen LogP contribution < -0.4 is 0 Å². The molecule has 8 nitrogen and oxygen atoms in total. The van der Waals surface area contributed by atoms with Crippen molar-refractivity contribution in [3.8, 4) is 0 Å². The summed E-state index contributed by atoms with van der Waals surface area (Å²) < 4.78 is 59.5. The minimum Gasteiger partial charge on any atom is -0.303 e. The molecule has 2 saturated heterocycles. The van der Waals surface area contributed by atoms with Crippen LogP contribution in [0.15, 0.2) is 41.3 Å². The van der Waals surface area contributed by atoms with Gasteiger partial charge in [0.25, 0.3) is 10.2 Å². The van der Waals surface area contributed by atoms with Crippen molar-refractivity contribution in [3.63, 3.8) is 0 Å². The lowest BCUT2D eigenvalue weighted by molar-refractivity contribution is 0.187. The maximum atomic E-state index is 13.7. The van der Waals surface area contributed by atoms with Gasteiger partial charge in [-0.25, -0.2) is 8.42 Å². The third-order valence-corrected chi connectivity index (χ3v) is 12.3. The molecule has 0 N–H and O–H groups in total.